The van der Waals surface area contributed by atoms with Gasteiger partial charge in [0.15, 0.2) is 0 Å². The number of hydrogen-bond acceptors (Lipinski definition) is 7. The van der Waals surface area contributed by atoms with E-state index in [-0.39, 0.29) is 11.6 Å². The second-order valence-electron chi connectivity index (χ2n) is 8.55. The number of thiazole rings is 1. The van der Waals surface area contributed by atoms with Crippen LogP contribution in [0.1, 0.15) is 16.1 Å². The number of benzene rings is 3. The van der Waals surface area contributed by atoms with Gasteiger partial charge in [-0.05, 0) is 35.9 Å². The molecule has 35 heavy (non-hydrogen) atoms. The van der Waals surface area contributed by atoms with Crippen LogP contribution in [0.25, 0.3) is 31.8 Å². The third kappa shape index (κ3) is 4.51. The highest BCUT2D eigenvalue weighted by Gasteiger charge is 2.17. The lowest BCUT2D eigenvalue weighted by Gasteiger charge is -2.27. The van der Waals surface area contributed by atoms with E-state index >= 15 is 0 Å². The van der Waals surface area contributed by atoms with E-state index in [2.05, 4.69) is 43.7 Å². The van der Waals surface area contributed by atoms with Crippen LogP contribution in [0.2, 0.25) is 0 Å². The van der Waals surface area contributed by atoms with Gasteiger partial charge >= 0.3 is 0 Å². The Kier molecular flexibility index (Phi) is 5.91. The average molecular weight is 481 g/mol. The number of nitrogens with zero attached hydrogens (tertiary/aromatic N) is 4. The molecule has 6 rings (SSSR count). The first-order chi connectivity index (χ1) is 17.2. The maximum Gasteiger partial charge on any atom is 0.275 e. The van der Waals surface area contributed by atoms with E-state index < -0.39 is 0 Å². The summed E-state index contributed by atoms with van der Waals surface area (Å²) in [7, 11) is 0. The predicted molar refractivity (Wildman–Crippen MR) is 141 cm³/mol. The quantitative estimate of drug-likeness (QED) is 0.384. The lowest BCUT2D eigenvalue weighted by Crippen LogP contribution is -2.42. The summed E-state index contributed by atoms with van der Waals surface area (Å²) in [5.74, 6) is -0.295. The molecule has 1 amide bonds. The maximum absolute atomic E-state index is 13.0. The lowest BCUT2D eigenvalue weighted by atomic mass is 10.1. The van der Waals surface area contributed by atoms with Gasteiger partial charge in [0.1, 0.15) is 10.7 Å². The van der Waals surface area contributed by atoms with E-state index in [9.17, 15) is 4.79 Å². The van der Waals surface area contributed by atoms with Crippen LogP contribution >= 0.6 is 11.3 Å². The highest BCUT2D eigenvalue weighted by molar-refractivity contribution is 7.21. The van der Waals surface area contributed by atoms with Crippen LogP contribution in [0, 0.1) is 0 Å². The van der Waals surface area contributed by atoms with Gasteiger partial charge in [-0.3, -0.25) is 14.7 Å². The minimum Gasteiger partial charge on any atom is -0.320 e. The van der Waals surface area contributed by atoms with Crippen molar-refractivity contribution >= 4 is 44.2 Å². The number of fused-ring (bicyclic) bond motifs is 2. The molecule has 3 aromatic carbocycles. The van der Waals surface area contributed by atoms with E-state index in [0.717, 1.165) is 59.0 Å². The van der Waals surface area contributed by atoms with Crippen LogP contribution in [0.5, 0.6) is 0 Å². The first kappa shape index (κ1) is 21.8. The number of rotatable bonds is 5. The van der Waals surface area contributed by atoms with E-state index in [0.29, 0.717) is 11.2 Å². The van der Waals surface area contributed by atoms with Crippen molar-refractivity contribution in [3.8, 4) is 10.6 Å². The molecular formula is C27H24N6OS. The van der Waals surface area contributed by atoms with Gasteiger partial charge in [-0.2, -0.15) is 0 Å². The van der Waals surface area contributed by atoms with E-state index in [1.807, 2.05) is 48.5 Å². The molecule has 3 heterocycles. The molecule has 1 fully saturated rings. The molecule has 7 nitrogen and oxygen atoms in total. The normalized spacial score (nSPS) is 14.4. The van der Waals surface area contributed by atoms with Gasteiger partial charge in [0.05, 0.1) is 33.1 Å². The fraction of sp³-hybridized carbons (Fsp3) is 0.185. The zero-order valence-corrected chi connectivity index (χ0v) is 19.9. The fourth-order valence-corrected chi connectivity index (χ4v) is 5.44. The minimum atomic E-state index is -0.295. The Labute approximate surface area is 206 Å². The van der Waals surface area contributed by atoms with Crippen molar-refractivity contribution in [2.24, 2.45) is 0 Å². The first-order valence-electron chi connectivity index (χ1n) is 11.7. The maximum atomic E-state index is 13.0. The van der Waals surface area contributed by atoms with Crippen molar-refractivity contribution in [2.45, 2.75) is 6.54 Å². The number of anilines is 1. The van der Waals surface area contributed by atoms with Gasteiger partial charge in [0.2, 0.25) is 0 Å². The highest BCUT2D eigenvalue weighted by Crippen LogP contribution is 2.36. The van der Waals surface area contributed by atoms with Crippen LogP contribution in [-0.4, -0.2) is 51.9 Å². The number of nitrogens with one attached hydrogen (secondary N) is 2. The van der Waals surface area contributed by atoms with Crippen LogP contribution in [-0.2, 0) is 6.54 Å². The Morgan fingerprint density at radius 3 is 2.63 bits per heavy atom. The summed E-state index contributed by atoms with van der Waals surface area (Å²) in [6.07, 6.45) is 1.51. The molecule has 1 aliphatic heterocycles. The standard InChI is InChI=1S/C27H24N6OS/c34-26(23-16-29-21-9-3-4-10-22(21)30-23)31-20-8-2-1-7-19(20)27-32-25-18(6-5-11-24(25)35-27)17-33-14-12-28-13-15-33/h1-11,16,28H,12-15,17H2,(H,31,34). The molecule has 0 unspecified atom stereocenters. The molecule has 0 saturated carbocycles. The SMILES string of the molecule is O=C(Nc1ccccc1-c1nc2c(CN3CCNCC3)cccc2s1)c1cnc2ccccc2n1. The number of carbonyl (C=O) groups is 1. The summed E-state index contributed by atoms with van der Waals surface area (Å²) < 4.78 is 1.15. The van der Waals surface area contributed by atoms with Crippen molar-refractivity contribution < 1.29 is 4.79 Å². The number of aromatic nitrogens is 3. The van der Waals surface area contributed by atoms with E-state index in [4.69, 9.17) is 4.98 Å². The van der Waals surface area contributed by atoms with Gasteiger partial charge in [0.25, 0.3) is 5.91 Å². The summed E-state index contributed by atoms with van der Waals surface area (Å²) in [6, 6.07) is 21.7. The molecular weight excluding hydrogens is 456 g/mol. The number of para-hydroxylation sites is 4. The zero-order chi connectivity index (χ0) is 23.6. The second-order valence-corrected chi connectivity index (χ2v) is 9.58. The molecule has 5 aromatic rings. The van der Waals surface area contributed by atoms with Crippen molar-refractivity contribution in [3.63, 3.8) is 0 Å². The third-order valence-corrected chi connectivity index (χ3v) is 7.25. The molecule has 1 aliphatic rings. The number of hydrogen-bond donors (Lipinski definition) is 2. The van der Waals surface area contributed by atoms with Crippen molar-refractivity contribution in [1.29, 1.82) is 0 Å². The third-order valence-electron chi connectivity index (χ3n) is 6.19. The van der Waals surface area contributed by atoms with E-state index in [1.165, 1.54) is 11.8 Å². The summed E-state index contributed by atoms with van der Waals surface area (Å²) in [4.78, 5) is 29.4. The molecule has 0 atom stereocenters. The second kappa shape index (κ2) is 9.50. The molecule has 0 bridgehead atoms. The molecule has 0 aliphatic carbocycles. The van der Waals surface area contributed by atoms with Crippen molar-refractivity contribution in [2.75, 3.05) is 31.5 Å². The molecule has 0 radical (unpaired) electrons. The number of amides is 1. The lowest BCUT2D eigenvalue weighted by molar-refractivity contribution is 0.102. The molecule has 2 N–H and O–H groups in total. The summed E-state index contributed by atoms with van der Waals surface area (Å²) in [6.45, 7) is 5.01. The van der Waals surface area contributed by atoms with E-state index in [1.54, 1.807) is 11.3 Å². The Bertz CT molecular complexity index is 1520. The van der Waals surface area contributed by atoms with Crippen molar-refractivity contribution in [3.05, 3.63) is 84.2 Å². The summed E-state index contributed by atoms with van der Waals surface area (Å²) >= 11 is 1.64. The topological polar surface area (TPSA) is 83.0 Å². The smallest absolute Gasteiger partial charge is 0.275 e. The average Bonchev–Trinajstić information content (AvgIpc) is 3.35. The molecule has 1 saturated heterocycles. The van der Waals surface area contributed by atoms with Gasteiger partial charge in [-0.15, -0.1) is 11.3 Å². The Morgan fingerprint density at radius 1 is 0.943 bits per heavy atom. The van der Waals surface area contributed by atoms with Gasteiger partial charge in [0, 0.05) is 38.3 Å². The molecule has 0 spiro atoms. The molecule has 174 valence electrons. The highest BCUT2D eigenvalue weighted by atomic mass is 32.1. The van der Waals surface area contributed by atoms with Gasteiger partial charge < -0.3 is 10.6 Å². The predicted octanol–water partition coefficient (Wildman–Crippen LogP) is 4.56. The number of piperazine rings is 1. The Balaban J connectivity index is 1.30. The largest absolute Gasteiger partial charge is 0.320 e. The van der Waals surface area contributed by atoms with Crippen LogP contribution in [0.3, 0.4) is 0 Å². The van der Waals surface area contributed by atoms with Gasteiger partial charge in [-0.1, -0.05) is 36.4 Å². The van der Waals surface area contributed by atoms with Gasteiger partial charge in [-0.25, -0.2) is 9.97 Å². The minimum absolute atomic E-state index is 0.279. The Morgan fingerprint density at radius 2 is 1.74 bits per heavy atom. The Hall–Kier alpha value is -3.72. The fourth-order valence-electron chi connectivity index (χ4n) is 4.39. The summed E-state index contributed by atoms with van der Waals surface area (Å²) in [5, 5.41) is 7.31. The van der Waals surface area contributed by atoms with Crippen LogP contribution < -0.4 is 10.6 Å². The van der Waals surface area contributed by atoms with Crippen LogP contribution in [0.4, 0.5) is 5.69 Å². The molecule has 2 aromatic heterocycles. The monoisotopic (exact) mass is 480 g/mol. The zero-order valence-electron chi connectivity index (χ0n) is 19.1. The first-order valence-corrected chi connectivity index (χ1v) is 12.5. The summed E-state index contributed by atoms with van der Waals surface area (Å²) in [5.41, 5.74) is 5.60. The van der Waals surface area contributed by atoms with Crippen molar-refractivity contribution in [1.82, 2.24) is 25.2 Å². The van der Waals surface area contributed by atoms with Crippen LogP contribution in [0.15, 0.2) is 72.9 Å². The number of carbonyl (C=O) groups excluding carboxylic acids is 1. The molecule has 8 heteroatoms.